The molecule has 29 heavy (non-hydrogen) atoms. The predicted octanol–water partition coefficient (Wildman–Crippen LogP) is 2.63. The largest absolute Gasteiger partial charge is 0.426 e. The van der Waals surface area contributed by atoms with Crippen LogP contribution in [-0.2, 0) is 17.8 Å². The number of carbonyl (C=O) groups excluding carboxylic acids is 2. The summed E-state index contributed by atoms with van der Waals surface area (Å²) in [5.41, 5.74) is 8.75. The van der Waals surface area contributed by atoms with Gasteiger partial charge in [-0.1, -0.05) is 41.9 Å². The minimum atomic E-state index is -0.582. The van der Waals surface area contributed by atoms with E-state index in [9.17, 15) is 9.59 Å². The van der Waals surface area contributed by atoms with Crippen LogP contribution in [-0.4, -0.2) is 61.0 Å². The van der Waals surface area contributed by atoms with E-state index < -0.39 is 6.03 Å². The van der Waals surface area contributed by atoms with Gasteiger partial charge in [0.2, 0.25) is 0 Å². The molecule has 2 N–H and O–H groups in total. The van der Waals surface area contributed by atoms with Gasteiger partial charge in [0.05, 0.1) is 0 Å². The second-order valence-electron chi connectivity index (χ2n) is 7.82. The molecule has 6 nitrogen and oxygen atoms in total. The van der Waals surface area contributed by atoms with E-state index in [0.717, 1.165) is 49.0 Å². The van der Waals surface area contributed by atoms with E-state index in [4.69, 9.17) is 17.3 Å². The smallest absolute Gasteiger partial charge is 0.318 e. The van der Waals surface area contributed by atoms with Gasteiger partial charge < -0.3 is 5.73 Å². The Bertz CT molecular complexity index is 909. The van der Waals surface area contributed by atoms with Gasteiger partial charge in [0, 0.05) is 55.8 Å². The summed E-state index contributed by atoms with van der Waals surface area (Å²) < 4.78 is -0.360. The number of piperazine rings is 1. The van der Waals surface area contributed by atoms with Crippen molar-refractivity contribution in [1.82, 2.24) is 14.3 Å². The lowest BCUT2D eigenvalue weighted by molar-refractivity contribution is -0.128. The summed E-state index contributed by atoms with van der Waals surface area (Å²) in [6.45, 7) is 4.87. The number of hydrogen-bond acceptors (Lipinski definition) is 4. The molecule has 0 aliphatic carbocycles. The third-order valence-corrected chi connectivity index (χ3v) is 6.32. The Balaban J connectivity index is 1.38. The molecule has 3 amide bonds. The summed E-state index contributed by atoms with van der Waals surface area (Å²) in [6.07, 6.45) is 0.694. The van der Waals surface area contributed by atoms with E-state index >= 15 is 0 Å². The van der Waals surface area contributed by atoms with Gasteiger partial charge in [-0.25, -0.2) is 9.59 Å². The highest BCUT2D eigenvalue weighted by Gasteiger charge is 2.50. The average Bonchev–Trinajstić information content (AvgIpc) is 3.12. The van der Waals surface area contributed by atoms with Crippen molar-refractivity contribution in [2.75, 3.05) is 39.3 Å². The number of carbonyl (C=O) groups is 2. The topological polar surface area (TPSA) is 66.6 Å². The zero-order chi connectivity index (χ0) is 20.4. The highest BCUT2D eigenvalue weighted by atomic mass is 35.5. The predicted molar refractivity (Wildman–Crippen MR) is 115 cm³/mol. The van der Waals surface area contributed by atoms with Gasteiger partial charge in [0.1, 0.15) is 13.1 Å². The quantitative estimate of drug-likeness (QED) is 0.782. The molecule has 2 heterocycles. The molecule has 0 radical (unpaired) electrons. The molecule has 1 unspecified atom stereocenters. The second-order valence-corrected chi connectivity index (χ2v) is 8.26. The number of imide groups is 1. The number of nitrogens with two attached hydrogens (primary N) is 1. The number of para-hydroxylation sites is 1. The molecular weight excluding hydrogens is 388 g/mol. The molecule has 4 rings (SSSR count). The summed E-state index contributed by atoms with van der Waals surface area (Å²) in [5, 5.41) is 0.743. The van der Waals surface area contributed by atoms with E-state index in [1.54, 1.807) is 0 Å². The van der Waals surface area contributed by atoms with Gasteiger partial charge >= 0.3 is 11.9 Å². The number of primary amides is 1. The van der Waals surface area contributed by atoms with Gasteiger partial charge in [0.15, 0.2) is 5.69 Å². The lowest BCUT2D eigenvalue weighted by Crippen LogP contribution is -2.63. The summed E-state index contributed by atoms with van der Waals surface area (Å²) in [6, 6.07) is 15.0. The number of amides is 3. The fourth-order valence-electron chi connectivity index (χ4n) is 4.38. The molecule has 0 spiro atoms. The Kier molecular flexibility index (Phi) is 5.69. The van der Waals surface area contributed by atoms with Crippen molar-refractivity contribution in [2.45, 2.75) is 13.0 Å². The third kappa shape index (κ3) is 3.94. The van der Waals surface area contributed by atoms with Gasteiger partial charge in [0.25, 0.3) is 0 Å². The Labute approximate surface area is 176 Å². The number of fused-ring (bicyclic) bond motifs is 1. The van der Waals surface area contributed by atoms with Crippen LogP contribution in [0.5, 0.6) is 0 Å². The van der Waals surface area contributed by atoms with Crippen LogP contribution >= 0.6 is 11.6 Å². The zero-order valence-electron chi connectivity index (χ0n) is 16.4. The number of benzene rings is 2. The van der Waals surface area contributed by atoms with Gasteiger partial charge in [-0.05, 0) is 17.7 Å². The number of halogens is 1. The molecule has 1 fully saturated rings. The van der Waals surface area contributed by atoms with Crippen LogP contribution in [0.25, 0.3) is 0 Å². The summed E-state index contributed by atoms with van der Waals surface area (Å²) in [5.74, 6) is -0.131. The Morgan fingerprint density at radius 3 is 2.31 bits per heavy atom. The fourth-order valence-corrected chi connectivity index (χ4v) is 4.51. The summed E-state index contributed by atoms with van der Waals surface area (Å²) in [7, 11) is 0. The number of urea groups is 1. The Morgan fingerprint density at radius 2 is 1.62 bits per heavy atom. The maximum Gasteiger partial charge on any atom is 0.426 e. The molecule has 1 atom stereocenters. The van der Waals surface area contributed by atoms with Gasteiger partial charge in [-0.15, -0.1) is 4.48 Å². The molecule has 2 aromatic carbocycles. The van der Waals surface area contributed by atoms with Gasteiger partial charge in [-0.3, -0.25) is 9.80 Å². The van der Waals surface area contributed by atoms with Crippen molar-refractivity contribution < 1.29 is 9.59 Å². The van der Waals surface area contributed by atoms with Crippen LogP contribution < -0.4 is 10.2 Å². The average molecular weight is 414 g/mol. The minimum Gasteiger partial charge on any atom is -0.318 e. The molecule has 2 aromatic rings. The Hall–Kier alpha value is -2.25. The normalized spacial score (nSPS) is 22.4. The Morgan fingerprint density at radius 1 is 0.966 bits per heavy atom. The molecule has 7 heteroatoms. The number of rotatable bonds is 4. The van der Waals surface area contributed by atoms with Crippen LogP contribution in [0.4, 0.5) is 10.5 Å². The highest BCUT2D eigenvalue weighted by Crippen LogP contribution is 2.35. The molecule has 0 saturated carbocycles. The van der Waals surface area contributed by atoms with Crippen molar-refractivity contribution in [3.05, 3.63) is 64.7 Å². The number of hydrogen-bond donors (Lipinski definition) is 1. The second kappa shape index (κ2) is 8.24. The monoisotopic (exact) mass is 413 g/mol. The van der Waals surface area contributed by atoms with Crippen LogP contribution in [0.15, 0.2) is 48.5 Å². The van der Waals surface area contributed by atoms with Crippen LogP contribution in [0.1, 0.15) is 11.1 Å². The van der Waals surface area contributed by atoms with Crippen LogP contribution in [0.2, 0.25) is 5.02 Å². The molecule has 2 aliphatic heterocycles. The number of quaternary nitrogens is 1. The molecule has 0 aromatic heterocycles. The summed E-state index contributed by atoms with van der Waals surface area (Å²) >= 11 is 5.95. The highest BCUT2D eigenvalue weighted by molar-refractivity contribution is 6.30. The molecule has 1 saturated heterocycles. The minimum absolute atomic E-state index is 0.131. The number of nitrogens with zero attached hydrogens (tertiary/aromatic N) is 3. The van der Waals surface area contributed by atoms with E-state index in [1.807, 2.05) is 48.5 Å². The summed E-state index contributed by atoms with van der Waals surface area (Å²) in [4.78, 5) is 30.1. The SMILES string of the molecule is NC(=O)[N+]1(C(=O)CN2CCN(Cc3ccc(Cl)cc3)CC2)CCc2ccccc21. The van der Waals surface area contributed by atoms with Crippen molar-refractivity contribution in [2.24, 2.45) is 5.73 Å². The third-order valence-electron chi connectivity index (χ3n) is 6.06. The van der Waals surface area contributed by atoms with Gasteiger partial charge in [-0.2, -0.15) is 0 Å². The van der Waals surface area contributed by atoms with Crippen molar-refractivity contribution in [1.29, 1.82) is 0 Å². The van der Waals surface area contributed by atoms with E-state index in [0.29, 0.717) is 13.0 Å². The van der Waals surface area contributed by atoms with Crippen LogP contribution in [0, 0.1) is 0 Å². The van der Waals surface area contributed by atoms with E-state index in [-0.39, 0.29) is 16.9 Å². The zero-order valence-corrected chi connectivity index (χ0v) is 17.1. The van der Waals surface area contributed by atoms with Crippen molar-refractivity contribution >= 4 is 29.2 Å². The van der Waals surface area contributed by atoms with Crippen molar-refractivity contribution in [3.8, 4) is 0 Å². The fraction of sp³-hybridized carbons (Fsp3) is 0.364. The first kappa shape index (κ1) is 20.0. The molecule has 0 bridgehead atoms. The maximum absolute atomic E-state index is 13.2. The van der Waals surface area contributed by atoms with Crippen molar-refractivity contribution in [3.63, 3.8) is 0 Å². The molecular formula is C22H26ClN4O2+. The van der Waals surface area contributed by atoms with E-state index in [2.05, 4.69) is 9.80 Å². The lowest BCUT2D eigenvalue weighted by atomic mass is 10.1. The van der Waals surface area contributed by atoms with Crippen LogP contribution in [0.3, 0.4) is 0 Å². The maximum atomic E-state index is 13.2. The first-order valence-corrected chi connectivity index (χ1v) is 10.4. The van der Waals surface area contributed by atoms with E-state index in [1.165, 1.54) is 5.56 Å². The molecule has 2 aliphatic rings. The first-order chi connectivity index (χ1) is 14.0. The molecule has 152 valence electrons. The standard InChI is InChI=1S/C22H25ClN4O2/c23-19-7-5-17(6-8-19)15-25-10-12-26(13-11-25)16-21(28)27(22(24)29)14-9-18-3-1-2-4-20(18)27/h1-8H,9-16H2,(H-,24,29)/p+1. The lowest BCUT2D eigenvalue weighted by Gasteiger charge is -2.35. The first-order valence-electron chi connectivity index (χ1n) is 9.98.